The quantitative estimate of drug-likeness (QED) is 0.817. The highest BCUT2D eigenvalue weighted by molar-refractivity contribution is 6.09. The first-order valence-corrected chi connectivity index (χ1v) is 7.96. The van der Waals surface area contributed by atoms with Gasteiger partial charge < -0.3 is 5.32 Å². The number of carbonyl (C=O) groups is 2. The van der Waals surface area contributed by atoms with Crippen molar-refractivity contribution in [1.29, 1.82) is 5.26 Å². The number of carbonyl (C=O) groups excluding carboxylic acids is 2. The average Bonchev–Trinajstić information content (AvgIpc) is 3.01. The van der Waals surface area contributed by atoms with Gasteiger partial charge in [-0.2, -0.15) is 5.26 Å². The zero-order valence-corrected chi connectivity index (χ0v) is 13.0. The third-order valence-corrected chi connectivity index (χ3v) is 4.31. The van der Waals surface area contributed by atoms with E-state index in [2.05, 4.69) is 12.2 Å². The van der Waals surface area contributed by atoms with Gasteiger partial charge in [0.05, 0.1) is 6.07 Å². The highest BCUT2D eigenvalue weighted by Gasteiger charge is 2.29. The molecule has 0 saturated heterocycles. The van der Waals surface area contributed by atoms with Gasteiger partial charge in [-0.25, -0.2) is 0 Å². The molecule has 1 saturated carbocycles. The first-order valence-electron chi connectivity index (χ1n) is 7.96. The summed E-state index contributed by atoms with van der Waals surface area (Å²) in [6, 6.07) is 9.31. The number of hydrogen-bond acceptors (Lipinski definition) is 3. The van der Waals surface area contributed by atoms with Gasteiger partial charge in [-0.1, -0.05) is 44.7 Å². The van der Waals surface area contributed by atoms with Gasteiger partial charge in [0.1, 0.15) is 0 Å². The van der Waals surface area contributed by atoms with Crippen molar-refractivity contribution in [1.82, 2.24) is 0 Å². The summed E-state index contributed by atoms with van der Waals surface area (Å²) in [5.41, 5.74) is 1.79. The maximum atomic E-state index is 12.2. The van der Waals surface area contributed by atoms with Crippen LogP contribution in [0.4, 0.5) is 5.69 Å². The second-order valence-corrected chi connectivity index (χ2v) is 5.92. The van der Waals surface area contributed by atoms with Crippen LogP contribution in [0.1, 0.15) is 44.6 Å². The molecule has 4 heteroatoms. The molecule has 1 amide bonds. The number of aryl methyl sites for hydroxylation is 1. The number of Topliss-reactive ketones (excluding diaryl/α,β-unsaturated/α-hetero) is 1. The van der Waals surface area contributed by atoms with E-state index in [1.54, 1.807) is 12.1 Å². The average molecular weight is 298 g/mol. The molecule has 1 atom stereocenters. The molecule has 0 aliphatic heterocycles. The molecule has 1 aliphatic carbocycles. The summed E-state index contributed by atoms with van der Waals surface area (Å²) >= 11 is 0. The topological polar surface area (TPSA) is 70.0 Å². The van der Waals surface area contributed by atoms with Crippen LogP contribution >= 0.6 is 0 Å². The van der Waals surface area contributed by atoms with Crippen molar-refractivity contribution in [2.24, 2.45) is 11.8 Å². The highest BCUT2D eigenvalue weighted by atomic mass is 16.2. The standard InChI is InChI=1S/C18H22N2O2/c1-2-13-7-9-15(10-8-13)20-18(22)16(12-19)17(21)11-14-5-3-4-6-14/h7-10,14,16H,2-6,11H2,1H3,(H,20,22). The van der Waals surface area contributed by atoms with Crippen LogP contribution in [0.5, 0.6) is 0 Å². The Labute approximate surface area is 131 Å². The van der Waals surface area contributed by atoms with Gasteiger partial charge in [-0.15, -0.1) is 0 Å². The summed E-state index contributed by atoms with van der Waals surface area (Å²) in [7, 11) is 0. The van der Waals surface area contributed by atoms with Crippen LogP contribution in [0.3, 0.4) is 0 Å². The molecule has 0 radical (unpaired) electrons. The zero-order valence-electron chi connectivity index (χ0n) is 13.0. The Kier molecular flexibility index (Phi) is 5.71. The number of rotatable bonds is 6. The Hall–Kier alpha value is -2.15. The minimum absolute atomic E-state index is 0.253. The summed E-state index contributed by atoms with van der Waals surface area (Å²) in [5.74, 6) is -1.63. The monoisotopic (exact) mass is 298 g/mol. The molecule has 0 heterocycles. The van der Waals surface area contributed by atoms with E-state index in [0.717, 1.165) is 32.1 Å². The summed E-state index contributed by atoms with van der Waals surface area (Å²) in [6.07, 6.45) is 5.62. The molecule has 1 unspecified atom stereocenters. The van der Waals surface area contributed by atoms with E-state index in [0.29, 0.717) is 18.0 Å². The highest BCUT2D eigenvalue weighted by Crippen LogP contribution is 2.28. The summed E-state index contributed by atoms with van der Waals surface area (Å²) < 4.78 is 0. The van der Waals surface area contributed by atoms with Gasteiger partial charge in [-0.05, 0) is 30.0 Å². The molecule has 1 fully saturated rings. The van der Waals surface area contributed by atoms with Crippen molar-refractivity contribution in [2.45, 2.75) is 45.4 Å². The Bertz CT molecular complexity index is 566. The van der Waals surface area contributed by atoms with Crippen molar-refractivity contribution in [3.05, 3.63) is 29.8 Å². The van der Waals surface area contributed by atoms with Crippen LogP contribution in [0.25, 0.3) is 0 Å². The van der Waals surface area contributed by atoms with Gasteiger partial charge in [0.15, 0.2) is 11.7 Å². The number of nitrogens with zero attached hydrogens (tertiary/aromatic N) is 1. The fourth-order valence-electron chi connectivity index (χ4n) is 2.93. The Morgan fingerprint density at radius 3 is 2.45 bits per heavy atom. The molecule has 1 aromatic rings. The number of nitrogens with one attached hydrogen (secondary N) is 1. The minimum atomic E-state index is -1.20. The molecule has 1 aliphatic rings. The molecule has 1 N–H and O–H groups in total. The Balaban J connectivity index is 1.95. The predicted octanol–water partition coefficient (Wildman–Crippen LogP) is 3.48. The predicted molar refractivity (Wildman–Crippen MR) is 85.1 cm³/mol. The lowest BCUT2D eigenvalue weighted by atomic mass is 9.93. The lowest BCUT2D eigenvalue weighted by molar-refractivity contribution is -0.129. The molecule has 1 aromatic carbocycles. The van der Waals surface area contributed by atoms with Gasteiger partial charge >= 0.3 is 0 Å². The Morgan fingerprint density at radius 2 is 1.91 bits per heavy atom. The van der Waals surface area contributed by atoms with Crippen LogP contribution in [0, 0.1) is 23.2 Å². The van der Waals surface area contributed by atoms with Crippen molar-refractivity contribution < 1.29 is 9.59 Å². The van der Waals surface area contributed by atoms with Crippen LogP contribution < -0.4 is 5.32 Å². The van der Waals surface area contributed by atoms with Gasteiger partial charge in [-0.3, -0.25) is 9.59 Å². The van der Waals surface area contributed by atoms with Crippen LogP contribution in [-0.4, -0.2) is 11.7 Å². The van der Waals surface area contributed by atoms with Crippen LogP contribution in [-0.2, 0) is 16.0 Å². The fraction of sp³-hybridized carbons (Fsp3) is 0.500. The molecule has 2 rings (SSSR count). The Morgan fingerprint density at radius 1 is 1.27 bits per heavy atom. The molecule has 0 spiro atoms. The third kappa shape index (κ3) is 4.17. The third-order valence-electron chi connectivity index (χ3n) is 4.31. The number of nitriles is 1. The summed E-state index contributed by atoms with van der Waals surface area (Å²) in [5, 5.41) is 11.8. The first kappa shape index (κ1) is 16.2. The van der Waals surface area contributed by atoms with Gasteiger partial charge in [0.2, 0.25) is 5.91 Å². The zero-order chi connectivity index (χ0) is 15.9. The molecule has 116 valence electrons. The number of amides is 1. The maximum absolute atomic E-state index is 12.2. The summed E-state index contributed by atoms with van der Waals surface area (Å²) in [6.45, 7) is 2.06. The molecule has 4 nitrogen and oxygen atoms in total. The van der Waals surface area contributed by atoms with Crippen LogP contribution in [0.15, 0.2) is 24.3 Å². The van der Waals surface area contributed by atoms with Crippen molar-refractivity contribution in [3.8, 4) is 6.07 Å². The summed E-state index contributed by atoms with van der Waals surface area (Å²) in [4.78, 5) is 24.3. The second-order valence-electron chi connectivity index (χ2n) is 5.92. The van der Waals surface area contributed by atoms with Crippen molar-refractivity contribution in [2.75, 3.05) is 5.32 Å². The van der Waals surface area contributed by atoms with E-state index in [1.807, 2.05) is 18.2 Å². The molecule has 0 aromatic heterocycles. The SMILES string of the molecule is CCc1ccc(NC(=O)C(C#N)C(=O)CC2CCCC2)cc1. The van der Waals surface area contributed by atoms with E-state index >= 15 is 0 Å². The van der Waals surface area contributed by atoms with E-state index in [-0.39, 0.29) is 5.78 Å². The maximum Gasteiger partial charge on any atom is 0.249 e. The fourth-order valence-corrected chi connectivity index (χ4v) is 2.93. The largest absolute Gasteiger partial charge is 0.325 e. The second kappa shape index (κ2) is 7.74. The first-order chi connectivity index (χ1) is 10.6. The van der Waals surface area contributed by atoms with Crippen molar-refractivity contribution >= 4 is 17.4 Å². The van der Waals surface area contributed by atoms with E-state index in [4.69, 9.17) is 5.26 Å². The lowest BCUT2D eigenvalue weighted by Gasteiger charge is -2.12. The van der Waals surface area contributed by atoms with Crippen molar-refractivity contribution in [3.63, 3.8) is 0 Å². The van der Waals surface area contributed by atoms with E-state index in [1.165, 1.54) is 5.56 Å². The minimum Gasteiger partial charge on any atom is -0.325 e. The van der Waals surface area contributed by atoms with Gasteiger partial charge in [0, 0.05) is 12.1 Å². The number of benzene rings is 1. The number of hydrogen-bond donors (Lipinski definition) is 1. The van der Waals surface area contributed by atoms with Crippen LogP contribution in [0.2, 0.25) is 0 Å². The molecule has 0 bridgehead atoms. The normalized spacial score (nSPS) is 16.0. The number of anilines is 1. The van der Waals surface area contributed by atoms with E-state index < -0.39 is 11.8 Å². The molecular formula is C18H22N2O2. The molecular weight excluding hydrogens is 276 g/mol. The lowest BCUT2D eigenvalue weighted by Crippen LogP contribution is -2.29. The van der Waals surface area contributed by atoms with E-state index in [9.17, 15) is 9.59 Å². The number of ketones is 1. The molecule has 22 heavy (non-hydrogen) atoms. The van der Waals surface area contributed by atoms with Gasteiger partial charge in [0.25, 0.3) is 0 Å². The smallest absolute Gasteiger partial charge is 0.249 e.